The van der Waals surface area contributed by atoms with Crippen LogP contribution in [0.3, 0.4) is 0 Å². The molecule has 4 N–H and O–H groups in total. The summed E-state index contributed by atoms with van der Waals surface area (Å²) in [4.78, 5) is 12.3. The first kappa shape index (κ1) is 13.3. The molecule has 0 saturated heterocycles. The van der Waals surface area contributed by atoms with Crippen molar-refractivity contribution >= 4 is 34.7 Å². The Morgan fingerprint density at radius 1 is 1.75 bits per heavy atom. The van der Waals surface area contributed by atoms with Gasteiger partial charge in [-0.15, -0.1) is 11.3 Å². The number of amides is 1. The Balaban J connectivity index is 2.61. The van der Waals surface area contributed by atoms with Gasteiger partial charge in [0.2, 0.25) is 0 Å². The Morgan fingerprint density at radius 2 is 2.44 bits per heavy atom. The fourth-order valence-corrected chi connectivity index (χ4v) is 2.65. The fraction of sp³-hybridized carbons (Fsp3) is 0.500. The third kappa shape index (κ3) is 3.13. The maximum Gasteiger partial charge on any atom is 0.263 e. The van der Waals surface area contributed by atoms with Gasteiger partial charge in [0.05, 0.1) is 12.3 Å². The Hall–Kier alpha value is -0.720. The molecule has 4 nitrogen and oxygen atoms in total. The largest absolute Gasteiger partial charge is 0.397 e. The summed E-state index contributed by atoms with van der Waals surface area (Å²) in [5.74, 6) is -0.174. The summed E-state index contributed by atoms with van der Waals surface area (Å²) < 4.78 is 0. The van der Waals surface area contributed by atoms with Crippen LogP contribution < -0.4 is 11.1 Å². The van der Waals surface area contributed by atoms with Gasteiger partial charge < -0.3 is 16.2 Å². The van der Waals surface area contributed by atoms with Crippen LogP contribution in [-0.2, 0) is 0 Å². The number of carbonyl (C=O) groups excluding carboxylic acids is 1. The average molecular weight is 260 g/mol. The van der Waals surface area contributed by atoms with E-state index in [0.717, 1.165) is 0 Å². The first-order valence-corrected chi connectivity index (χ1v) is 7.04. The lowest BCUT2D eigenvalue weighted by Gasteiger charge is -2.21. The standard InChI is InChI=1S/C10H16N2O2S2/c1-6(8(5-13)15-2)12-10(14)9-7(11)3-4-16-9/h3-4,6,8,13H,5,11H2,1-2H3,(H,12,14). The number of nitrogens with two attached hydrogens (primary N) is 1. The smallest absolute Gasteiger partial charge is 0.263 e. The second-order valence-corrected chi connectivity index (χ2v) is 5.42. The summed E-state index contributed by atoms with van der Waals surface area (Å²) in [5.41, 5.74) is 6.15. The van der Waals surface area contributed by atoms with E-state index < -0.39 is 0 Å². The van der Waals surface area contributed by atoms with Gasteiger partial charge >= 0.3 is 0 Å². The molecule has 1 amide bonds. The number of hydrogen-bond acceptors (Lipinski definition) is 5. The molecule has 0 aromatic carbocycles. The molecule has 2 unspecified atom stereocenters. The van der Waals surface area contributed by atoms with Crippen molar-refractivity contribution in [3.05, 3.63) is 16.3 Å². The van der Waals surface area contributed by atoms with Crippen molar-refractivity contribution in [1.29, 1.82) is 0 Å². The van der Waals surface area contributed by atoms with Gasteiger partial charge in [-0.25, -0.2) is 0 Å². The SMILES string of the molecule is CSC(CO)C(C)NC(=O)c1sccc1N. The molecule has 0 aliphatic carbocycles. The van der Waals surface area contributed by atoms with Crippen molar-refractivity contribution < 1.29 is 9.90 Å². The van der Waals surface area contributed by atoms with Crippen molar-refractivity contribution in [2.45, 2.75) is 18.2 Å². The molecule has 0 aliphatic rings. The number of aliphatic hydroxyl groups is 1. The molecule has 1 heterocycles. The van der Waals surface area contributed by atoms with Crippen LogP contribution in [0.15, 0.2) is 11.4 Å². The van der Waals surface area contributed by atoms with E-state index in [1.807, 2.05) is 13.2 Å². The van der Waals surface area contributed by atoms with E-state index in [0.29, 0.717) is 10.6 Å². The number of nitrogens with one attached hydrogen (secondary N) is 1. The minimum atomic E-state index is -0.174. The molecule has 0 spiro atoms. The van der Waals surface area contributed by atoms with Crippen LogP contribution >= 0.6 is 23.1 Å². The van der Waals surface area contributed by atoms with E-state index in [4.69, 9.17) is 10.8 Å². The van der Waals surface area contributed by atoms with Crippen LogP contribution in [0.5, 0.6) is 0 Å². The van der Waals surface area contributed by atoms with Gasteiger partial charge in [0.1, 0.15) is 4.88 Å². The van der Waals surface area contributed by atoms with E-state index in [9.17, 15) is 4.79 Å². The molecule has 0 bridgehead atoms. The molecule has 2 atom stereocenters. The number of aliphatic hydroxyl groups excluding tert-OH is 1. The number of carbonyl (C=O) groups is 1. The number of anilines is 1. The molecule has 6 heteroatoms. The zero-order valence-corrected chi connectivity index (χ0v) is 10.9. The van der Waals surface area contributed by atoms with E-state index in [-0.39, 0.29) is 23.8 Å². The first-order chi connectivity index (χ1) is 7.60. The Bertz CT molecular complexity index is 350. The Labute approximate surface area is 103 Å². The highest BCUT2D eigenvalue weighted by molar-refractivity contribution is 7.99. The molecule has 90 valence electrons. The molecule has 0 aliphatic heterocycles. The lowest BCUT2D eigenvalue weighted by atomic mass is 10.2. The van der Waals surface area contributed by atoms with Crippen molar-refractivity contribution in [3.63, 3.8) is 0 Å². The van der Waals surface area contributed by atoms with Gasteiger partial charge in [-0.1, -0.05) is 0 Å². The number of rotatable bonds is 5. The molecule has 1 aromatic rings. The molecule has 1 rings (SSSR count). The lowest BCUT2D eigenvalue weighted by molar-refractivity contribution is 0.0941. The van der Waals surface area contributed by atoms with E-state index >= 15 is 0 Å². The summed E-state index contributed by atoms with van der Waals surface area (Å²) in [5, 5.41) is 13.7. The molecule has 1 aromatic heterocycles. The number of thiophene rings is 1. The third-order valence-electron chi connectivity index (χ3n) is 2.30. The maximum absolute atomic E-state index is 11.8. The highest BCUT2D eigenvalue weighted by Gasteiger charge is 2.19. The molecule has 16 heavy (non-hydrogen) atoms. The van der Waals surface area contributed by atoms with E-state index in [1.165, 1.54) is 23.1 Å². The fourth-order valence-electron chi connectivity index (χ4n) is 1.31. The van der Waals surface area contributed by atoms with Gasteiger partial charge in [-0.3, -0.25) is 4.79 Å². The minimum Gasteiger partial charge on any atom is -0.397 e. The zero-order valence-electron chi connectivity index (χ0n) is 9.27. The van der Waals surface area contributed by atoms with Gasteiger partial charge in [0.15, 0.2) is 0 Å². The van der Waals surface area contributed by atoms with Crippen LogP contribution in [0.1, 0.15) is 16.6 Å². The topological polar surface area (TPSA) is 75.3 Å². The molecule has 0 saturated carbocycles. The first-order valence-electron chi connectivity index (χ1n) is 4.87. The Morgan fingerprint density at radius 3 is 2.88 bits per heavy atom. The lowest BCUT2D eigenvalue weighted by Crippen LogP contribution is -2.41. The maximum atomic E-state index is 11.8. The molecule has 0 fully saturated rings. The van der Waals surface area contributed by atoms with E-state index in [1.54, 1.807) is 11.4 Å². The van der Waals surface area contributed by atoms with Crippen LogP contribution in [0.4, 0.5) is 5.69 Å². The predicted molar refractivity (Wildman–Crippen MR) is 70.0 cm³/mol. The van der Waals surface area contributed by atoms with E-state index in [2.05, 4.69) is 5.32 Å². The summed E-state index contributed by atoms with van der Waals surface area (Å²) in [6, 6.07) is 1.62. The van der Waals surface area contributed by atoms with Crippen molar-refractivity contribution in [2.24, 2.45) is 0 Å². The number of thioether (sulfide) groups is 1. The van der Waals surface area contributed by atoms with Crippen LogP contribution in [0.25, 0.3) is 0 Å². The van der Waals surface area contributed by atoms with Crippen LogP contribution in [-0.4, -0.2) is 35.2 Å². The number of hydrogen-bond donors (Lipinski definition) is 3. The van der Waals surface area contributed by atoms with Crippen LogP contribution in [0, 0.1) is 0 Å². The van der Waals surface area contributed by atoms with Crippen molar-refractivity contribution in [2.75, 3.05) is 18.6 Å². The molecular formula is C10H16N2O2S2. The summed E-state index contributed by atoms with van der Waals surface area (Å²) in [6.45, 7) is 1.92. The summed E-state index contributed by atoms with van der Waals surface area (Å²) in [6.07, 6.45) is 1.91. The van der Waals surface area contributed by atoms with Crippen molar-refractivity contribution in [3.8, 4) is 0 Å². The summed E-state index contributed by atoms with van der Waals surface area (Å²) in [7, 11) is 0. The molecule has 0 radical (unpaired) electrons. The summed E-state index contributed by atoms with van der Waals surface area (Å²) >= 11 is 2.85. The van der Waals surface area contributed by atoms with Crippen LogP contribution in [0.2, 0.25) is 0 Å². The average Bonchev–Trinajstić information content (AvgIpc) is 2.66. The number of nitrogen functional groups attached to an aromatic ring is 1. The third-order valence-corrected chi connectivity index (χ3v) is 4.39. The molecular weight excluding hydrogens is 244 g/mol. The Kier molecular flexibility index (Phi) is 5.11. The quantitative estimate of drug-likeness (QED) is 0.743. The highest BCUT2D eigenvalue weighted by atomic mass is 32.2. The zero-order chi connectivity index (χ0) is 12.1. The second kappa shape index (κ2) is 6.12. The van der Waals surface area contributed by atoms with Gasteiger partial charge in [0, 0.05) is 11.3 Å². The van der Waals surface area contributed by atoms with Gasteiger partial charge in [0.25, 0.3) is 5.91 Å². The monoisotopic (exact) mass is 260 g/mol. The van der Waals surface area contributed by atoms with Gasteiger partial charge in [-0.2, -0.15) is 11.8 Å². The second-order valence-electron chi connectivity index (χ2n) is 3.42. The normalized spacial score (nSPS) is 14.4. The van der Waals surface area contributed by atoms with Gasteiger partial charge in [-0.05, 0) is 24.6 Å². The minimum absolute atomic E-state index is 0.00476. The predicted octanol–water partition coefficient (Wildman–Crippen LogP) is 1.17. The van der Waals surface area contributed by atoms with Crippen molar-refractivity contribution in [1.82, 2.24) is 5.32 Å². The highest BCUT2D eigenvalue weighted by Crippen LogP contribution is 2.19.